The zero-order valence-corrected chi connectivity index (χ0v) is 9.01. The Hall–Kier alpha value is -1.77. The van der Waals surface area contributed by atoms with Gasteiger partial charge in [-0.15, -0.1) is 0 Å². The Kier molecular flexibility index (Phi) is 2.46. The highest BCUT2D eigenvalue weighted by Gasteiger charge is 2.08. The first-order chi connectivity index (χ1) is 7.18. The highest BCUT2D eigenvalue weighted by molar-refractivity contribution is 5.40. The van der Waals surface area contributed by atoms with Gasteiger partial charge in [-0.25, -0.2) is 4.98 Å². The number of anilines is 1. The van der Waals surface area contributed by atoms with Crippen molar-refractivity contribution in [2.45, 2.75) is 19.9 Å². The van der Waals surface area contributed by atoms with Gasteiger partial charge in [-0.1, -0.05) is 12.1 Å². The summed E-state index contributed by atoms with van der Waals surface area (Å²) in [5.41, 5.74) is 7.70. The van der Waals surface area contributed by atoms with E-state index < -0.39 is 0 Å². The summed E-state index contributed by atoms with van der Waals surface area (Å²) >= 11 is 0. The van der Waals surface area contributed by atoms with Gasteiger partial charge in [0.1, 0.15) is 5.82 Å². The SMILES string of the molecule is Cc1nccn1[C@H](C)c1ccc(N)cc1. The van der Waals surface area contributed by atoms with Crippen molar-refractivity contribution < 1.29 is 0 Å². The van der Waals surface area contributed by atoms with Crippen molar-refractivity contribution in [1.29, 1.82) is 0 Å². The van der Waals surface area contributed by atoms with E-state index in [4.69, 9.17) is 5.73 Å². The average molecular weight is 201 g/mol. The van der Waals surface area contributed by atoms with Crippen LogP contribution in [0.25, 0.3) is 0 Å². The summed E-state index contributed by atoms with van der Waals surface area (Å²) in [6.45, 7) is 4.16. The van der Waals surface area contributed by atoms with Gasteiger partial charge < -0.3 is 10.3 Å². The third-order valence-corrected chi connectivity index (χ3v) is 2.70. The standard InChI is InChI=1S/C12H15N3/c1-9(15-8-7-14-10(15)2)11-3-5-12(13)6-4-11/h3-9H,13H2,1-2H3/t9-/m1/s1. The Morgan fingerprint density at radius 3 is 2.47 bits per heavy atom. The van der Waals surface area contributed by atoms with E-state index >= 15 is 0 Å². The van der Waals surface area contributed by atoms with Crippen LogP contribution in [-0.4, -0.2) is 9.55 Å². The van der Waals surface area contributed by atoms with Crippen LogP contribution in [0.2, 0.25) is 0 Å². The largest absolute Gasteiger partial charge is 0.399 e. The normalized spacial score (nSPS) is 12.7. The summed E-state index contributed by atoms with van der Waals surface area (Å²) in [5, 5.41) is 0. The van der Waals surface area contributed by atoms with Crippen LogP contribution in [0.1, 0.15) is 24.4 Å². The lowest BCUT2D eigenvalue weighted by Crippen LogP contribution is -2.07. The van der Waals surface area contributed by atoms with Crippen LogP contribution >= 0.6 is 0 Å². The van der Waals surface area contributed by atoms with E-state index in [1.54, 1.807) is 0 Å². The van der Waals surface area contributed by atoms with Crippen LogP contribution in [0.4, 0.5) is 5.69 Å². The van der Waals surface area contributed by atoms with Gasteiger partial charge in [0.2, 0.25) is 0 Å². The van der Waals surface area contributed by atoms with Crippen LogP contribution in [0, 0.1) is 6.92 Å². The second kappa shape index (κ2) is 3.77. The molecular weight excluding hydrogens is 186 g/mol. The number of nitrogens with two attached hydrogens (primary N) is 1. The summed E-state index contributed by atoms with van der Waals surface area (Å²) in [6.07, 6.45) is 3.82. The fraction of sp³-hybridized carbons (Fsp3) is 0.250. The molecule has 0 bridgehead atoms. The maximum atomic E-state index is 5.66. The molecule has 2 rings (SSSR count). The minimum Gasteiger partial charge on any atom is -0.399 e. The zero-order valence-electron chi connectivity index (χ0n) is 9.01. The average Bonchev–Trinajstić information content (AvgIpc) is 2.65. The maximum absolute atomic E-state index is 5.66. The van der Waals surface area contributed by atoms with Crippen molar-refractivity contribution in [3.8, 4) is 0 Å². The van der Waals surface area contributed by atoms with E-state index in [1.165, 1.54) is 5.56 Å². The van der Waals surface area contributed by atoms with Crippen molar-refractivity contribution in [2.75, 3.05) is 5.73 Å². The Balaban J connectivity index is 2.32. The van der Waals surface area contributed by atoms with Crippen molar-refractivity contribution in [1.82, 2.24) is 9.55 Å². The Morgan fingerprint density at radius 2 is 1.93 bits per heavy atom. The van der Waals surface area contributed by atoms with Crippen LogP contribution < -0.4 is 5.73 Å². The van der Waals surface area contributed by atoms with Crippen molar-refractivity contribution in [2.24, 2.45) is 0 Å². The molecule has 1 atom stereocenters. The molecule has 0 fully saturated rings. The van der Waals surface area contributed by atoms with Crippen molar-refractivity contribution in [3.63, 3.8) is 0 Å². The van der Waals surface area contributed by atoms with Crippen LogP contribution in [-0.2, 0) is 0 Å². The monoisotopic (exact) mass is 201 g/mol. The third-order valence-electron chi connectivity index (χ3n) is 2.70. The van der Waals surface area contributed by atoms with Gasteiger partial charge >= 0.3 is 0 Å². The quantitative estimate of drug-likeness (QED) is 0.758. The maximum Gasteiger partial charge on any atom is 0.106 e. The number of nitrogen functional groups attached to an aromatic ring is 1. The number of hydrogen-bond donors (Lipinski definition) is 1. The van der Waals surface area contributed by atoms with E-state index in [-0.39, 0.29) is 0 Å². The van der Waals surface area contributed by atoms with E-state index in [0.717, 1.165) is 11.5 Å². The minimum atomic E-state index is 0.299. The molecule has 0 saturated heterocycles. The van der Waals surface area contributed by atoms with Crippen molar-refractivity contribution >= 4 is 5.69 Å². The lowest BCUT2D eigenvalue weighted by Gasteiger charge is -2.15. The molecule has 1 aromatic carbocycles. The van der Waals surface area contributed by atoms with Gasteiger partial charge in [-0.2, -0.15) is 0 Å². The summed E-state index contributed by atoms with van der Waals surface area (Å²) < 4.78 is 2.14. The number of aryl methyl sites for hydroxylation is 1. The van der Waals surface area contributed by atoms with Crippen LogP contribution in [0.3, 0.4) is 0 Å². The predicted octanol–water partition coefficient (Wildman–Crippen LogP) is 2.38. The molecule has 0 aliphatic heterocycles. The summed E-state index contributed by atoms with van der Waals surface area (Å²) in [6, 6.07) is 8.27. The second-order valence-electron chi connectivity index (χ2n) is 3.72. The molecular formula is C12H15N3. The number of aromatic nitrogens is 2. The molecule has 0 aliphatic carbocycles. The molecule has 1 aromatic heterocycles. The number of imidazole rings is 1. The first-order valence-electron chi connectivity index (χ1n) is 5.03. The molecule has 2 N–H and O–H groups in total. The molecule has 0 aliphatic rings. The van der Waals surface area contributed by atoms with Gasteiger partial charge in [0, 0.05) is 18.1 Å². The lowest BCUT2D eigenvalue weighted by atomic mass is 10.1. The van der Waals surface area contributed by atoms with E-state index in [9.17, 15) is 0 Å². The Bertz CT molecular complexity index is 442. The zero-order chi connectivity index (χ0) is 10.8. The molecule has 0 radical (unpaired) electrons. The molecule has 3 nitrogen and oxygen atoms in total. The van der Waals surface area contributed by atoms with Gasteiger partial charge in [-0.3, -0.25) is 0 Å². The van der Waals surface area contributed by atoms with E-state index in [0.29, 0.717) is 6.04 Å². The smallest absolute Gasteiger partial charge is 0.106 e. The summed E-state index contributed by atoms with van der Waals surface area (Å²) in [5.74, 6) is 1.03. The summed E-state index contributed by atoms with van der Waals surface area (Å²) in [4.78, 5) is 4.22. The van der Waals surface area contributed by atoms with Crippen LogP contribution in [0.5, 0.6) is 0 Å². The lowest BCUT2D eigenvalue weighted by molar-refractivity contribution is 0.619. The topological polar surface area (TPSA) is 43.8 Å². The molecule has 3 heteroatoms. The van der Waals surface area contributed by atoms with Gasteiger partial charge in [0.15, 0.2) is 0 Å². The Morgan fingerprint density at radius 1 is 1.27 bits per heavy atom. The molecule has 0 amide bonds. The Labute approximate surface area is 89.6 Å². The van der Waals surface area contributed by atoms with Gasteiger partial charge in [0.05, 0.1) is 6.04 Å². The number of hydrogen-bond acceptors (Lipinski definition) is 2. The first-order valence-corrected chi connectivity index (χ1v) is 5.03. The number of rotatable bonds is 2. The fourth-order valence-electron chi connectivity index (χ4n) is 1.73. The van der Waals surface area contributed by atoms with Crippen LogP contribution in [0.15, 0.2) is 36.7 Å². The third kappa shape index (κ3) is 1.86. The molecule has 0 unspecified atom stereocenters. The second-order valence-corrected chi connectivity index (χ2v) is 3.72. The number of nitrogens with zero attached hydrogens (tertiary/aromatic N) is 2. The van der Waals surface area contributed by atoms with E-state index in [1.807, 2.05) is 31.5 Å². The molecule has 0 saturated carbocycles. The molecule has 0 spiro atoms. The molecule has 2 aromatic rings. The molecule has 15 heavy (non-hydrogen) atoms. The molecule has 78 valence electrons. The predicted molar refractivity (Wildman–Crippen MR) is 61.6 cm³/mol. The minimum absolute atomic E-state index is 0.299. The highest BCUT2D eigenvalue weighted by Crippen LogP contribution is 2.19. The first kappa shape index (κ1) is 9.77. The van der Waals surface area contributed by atoms with E-state index in [2.05, 4.69) is 28.6 Å². The fourth-order valence-corrected chi connectivity index (χ4v) is 1.73. The number of benzene rings is 1. The van der Waals surface area contributed by atoms with Gasteiger partial charge in [-0.05, 0) is 31.5 Å². The molecule has 1 heterocycles. The highest BCUT2D eigenvalue weighted by atomic mass is 15.1. The van der Waals surface area contributed by atoms with Gasteiger partial charge in [0.25, 0.3) is 0 Å². The van der Waals surface area contributed by atoms with Crippen molar-refractivity contribution in [3.05, 3.63) is 48.0 Å². The summed E-state index contributed by atoms with van der Waals surface area (Å²) in [7, 11) is 0.